The summed E-state index contributed by atoms with van der Waals surface area (Å²) in [5.41, 5.74) is -1.45. The maximum absolute atomic E-state index is 13.2. The minimum atomic E-state index is -4.73. The van der Waals surface area contributed by atoms with E-state index in [1.165, 1.54) is 6.07 Å². The number of hydrogen-bond donors (Lipinski definition) is 1. The van der Waals surface area contributed by atoms with E-state index in [0.29, 0.717) is 0 Å². The molecular formula is C16H20F3NO5S. The van der Waals surface area contributed by atoms with E-state index in [0.717, 1.165) is 24.5 Å². The fourth-order valence-corrected chi connectivity index (χ4v) is 3.03. The molecular weight excluding hydrogens is 375 g/mol. The van der Waals surface area contributed by atoms with Crippen LogP contribution in [0.5, 0.6) is 0 Å². The predicted molar refractivity (Wildman–Crippen MR) is 87.6 cm³/mol. The van der Waals surface area contributed by atoms with E-state index in [1.807, 2.05) is 4.72 Å². The summed E-state index contributed by atoms with van der Waals surface area (Å²) in [6.07, 6.45) is -5.69. The summed E-state index contributed by atoms with van der Waals surface area (Å²) in [5.74, 6) is -1.57. The highest BCUT2D eigenvalue weighted by atomic mass is 32.2. The third kappa shape index (κ3) is 7.52. The summed E-state index contributed by atoms with van der Waals surface area (Å²) in [6.45, 7) is 3.16. The number of carbonyl (C=O) groups excluding carboxylic acids is 2. The van der Waals surface area contributed by atoms with Gasteiger partial charge in [-0.3, -0.25) is 9.59 Å². The van der Waals surface area contributed by atoms with E-state index in [-0.39, 0.29) is 0 Å². The molecule has 10 heteroatoms. The zero-order chi connectivity index (χ0) is 20.1. The molecule has 0 amide bonds. The molecule has 146 valence electrons. The molecule has 0 bridgehead atoms. The minimum Gasteiger partial charge on any atom is -0.463 e. The normalized spacial score (nSPS) is 13.5. The van der Waals surface area contributed by atoms with E-state index in [1.54, 1.807) is 13.8 Å². The lowest BCUT2D eigenvalue weighted by Crippen LogP contribution is -2.31. The van der Waals surface area contributed by atoms with Gasteiger partial charge < -0.3 is 4.74 Å². The largest absolute Gasteiger partial charge is 0.463 e. The van der Waals surface area contributed by atoms with Gasteiger partial charge in [-0.15, -0.1) is 0 Å². The number of esters is 1. The van der Waals surface area contributed by atoms with Gasteiger partial charge in [-0.2, -0.15) is 13.2 Å². The second-order valence-electron chi connectivity index (χ2n) is 5.99. The molecule has 0 fully saturated rings. The second-order valence-corrected chi connectivity index (χ2v) is 7.77. The highest BCUT2D eigenvalue weighted by molar-refractivity contribution is 7.88. The average molecular weight is 395 g/mol. The zero-order valence-corrected chi connectivity index (χ0v) is 15.3. The van der Waals surface area contributed by atoms with Crippen LogP contribution in [0.2, 0.25) is 0 Å². The molecule has 26 heavy (non-hydrogen) atoms. The van der Waals surface area contributed by atoms with E-state index in [4.69, 9.17) is 4.74 Å². The smallest absolute Gasteiger partial charge is 0.416 e. The van der Waals surface area contributed by atoms with Crippen LogP contribution in [0.3, 0.4) is 0 Å². The lowest BCUT2D eigenvalue weighted by atomic mass is 9.96. The number of Topliss-reactive ketones (excluding diaryl/α,β-unsaturated/α-hetero) is 1. The fraction of sp³-hybridized carbons (Fsp3) is 0.500. The topological polar surface area (TPSA) is 89.5 Å². The number of rotatable bonds is 8. The molecule has 1 atom stereocenters. The number of halogens is 3. The third-order valence-electron chi connectivity index (χ3n) is 3.14. The van der Waals surface area contributed by atoms with Crippen molar-refractivity contribution in [3.8, 4) is 0 Å². The predicted octanol–water partition coefficient (Wildman–Crippen LogP) is 2.60. The van der Waals surface area contributed by atoms with Crippen LogP contribution >= 0.6 is 0 Å². The summed E-state index contributed by atoms with van der Waals surface area (Å²) in [5, 5.41) is 0. The van der Waals surface area contributed by atoms with Crippen molar-refractivity contribution in [1.82, 2.24) is 4.72 Å². The van der Waals surface area contributed by atoms with Crippen molar-refractivity contribution in [2.75, 3.05) is 6.26 Å². The van der Waals surface area contributed by atoms with Crippen LogP contribution in [0.25, 0.3) is 0 Å². The standard InChI is InChI=1S/C16H20F3NO5S/c1-10(2)25-15(22)9-11(21)8-14(20-26(3,23)24)12-6-4-5-7-13(12)16(17,18)19/h4-7,10,14,20H,8-9H2,1-3H3. The molecule has 0 aliphatic carbocycles. The van der Waals surface area contributed by atoms with Gasteiger partial charge in [0, 0.05) is 6.42 Å². The molecule has 1 aromatic carbocycles. The first kappa shape index (κ1) is 22.1. The summed E-state index contributed by atoms with van der Waals surface area (Å²) in [4.78, 5) is 23.6. The molecule has 0 saturated carbocycles. The monoisotopic (exact) mass is 395 g/mol. The van der Waals surface area contributed by atoms with Crippen LogP contribution in [0.15, 0.2) is 24.3 Å². The Morgan fingerprint density at radius 1 is 1.19 bits per heavy atom. The van der Waals surface area contributed by atoms with Gasteiger partial charge in [0.1, 0.15) is 12.2 Å². The van der Waals surface area contributed by atoms with Crippen LogP contribution in [0, 0.1) is 0 Å². The first-order valence-electron chi connectivity index (χ1n) is 7.64. The summed E-state index contributed by atoms with van der Waals surface area (Å²) in [7, 11) is -3.91. The molecule has 0 aliphatic rings. The first-order valence-corrected chi connectivity index (χ1v) is 9.53. The zero-order valence-electron chi connectivity index (χ0n) is 14.5. The Balaban J connectivity index is 3.12. The average Bonchev–Trinajstić information content (AvgIpc) is 2.43. The summed E-state index contributed by atoms with van der Waals surface area (Å²) in [6, 6.07) is 2.89. The molecule has 0 heterocycles. The maximum Gasteiger partial charge on any atom is 0.416 e. The summed E-state index contributed by atoms with van der Waals surface area (Å²) >= 11 is 0. The van der Waals surface area contributed by atoms with E-state index < -0.39 is 64.1 Å². The van der Waals surface area contributed by atoms with Crippen molar-refractivity contribution in [2.45, 2.75) is 45.0 Å². The Hall–Kier alpha value is -1.94. The van der Waals surface area contributed by atoms with Crippen molar-refractivity contribution < 1.29 is 35.9 Å². The lowest BCUT2D eigenvalue weighted by Gasteiger charge is -2.21. The number of carbonyl (C=O) groups is 2. The molecule has 0 spiro atoms. The second kappa shape index (κ2) is 8.63. The Morgan fingerprint density at radius 3 is 2.27 bits per heavy atom. The Bertz CT molecular complexity index is 759. The van der Waals surface area contributed by atoms with Gasteiger partial charge in [0.05, 0.1) is 24.0 Å². The number of ketones is 1. The van der Waals surface area contributed by atoms with E-state index >= 15 is 0 Å². The number of hydrogen-bond acceptors (Lipinski definition) is 5. The molecule has 1 N–H and O–H groups in total. The van der Waals surface area contributed by atoms with Crippen LogP contribution in [-0.2, 0) is 30.5 Å². The fourth-order valence-electron chi connectivity index (χ4n) is 2.30. The molecule has 0 saturated heterocycles. The first-order chi connectivity index (χ1) is 11.8. The van der Waals surface area contributed by atoms with Crippen molar-refractivity contribution in [1.29, 1.82) is 0 Å². The van der Waals surface area contributed by atoms with Gasteiger partial charge in [-0.25, -0.2) is 13.1 Å². The Labute approximate surface area is 149 Å². The Morgan fingerprint density at radius 2 is 1.77 bits per heavy atom. The van der Waals surface area contributed by atoms with Crippen molar-refractivity contribution in [3.05, 3.63) is 35.4 Å². The van der Waals surface area contributed by atoms with Crippen LogP contribution in [-0.4, -0.2) is 32.5 Å². The molecule has 1 unspecified atom stereocenters. The number of benzene rings is 1. The highest BCUT2D eigenvalue weighted by Crippen LogP contribution is 2.35. The number of alkyl halides is 3. The van der Waals surface area contributed by atoms with Gasteiger partial charge in [0.2, 0.25) is 10.0 Å². The number of ether oxygens (including phenoxy) is 1. The van der Waals surface area contributed by atoms with E-state index in [2.05, 4.69) is 0 Å². The molecule has 1 aromatic rings. The van der Waals surface area contributed by atoms with Crippen LogP contribution in [0.4, 0.5) is 13.2 Å². The summed E-state index contributed by atoms with van der Waals surface area (Å²) < 4.78 is 69.5. The molecule has 0 aromatic heterocycles. The minimum absolute atomic E-state index is 0.393. The SMILES string of the molecule is CC(C)OC(=O)CC(=O)CC(NS(C)(=O)=O)c1ccccc1C(F)(F)F. The van der Waals surface area contributed by atoms with Crippen molar-refractivity contribution in [2.24, 2.45) is 0 Å². The number of nitrogens with one attached hydrogen (secondary N) is 1. The Kier molecular flexibility index (Phi) is 7.34. The number of sulfonamides is 1. The molecule has 0 aliphatic heterocycles. The van der Waals surface area contributed by atoms with E-state index in [9.17, 15) is 31.2 Å². The molecule has 6 nitrogen and oxygen atoms in total. The van der Waals surface area contributed by atoms with Gasteiger partial charge in [0.25, 0.3) is 0 Å². The van der Waals surface area contributed by atoms with Crippen molar-refractivity contribution in [3.63, 3.8) is 0 Å². The van der Waals surface area contributed by atoms with Gasteiger partial charge in [-0.05, 0) is 25.5 Å². The molecule has 0 radical (unpaired) electrons. The maximum atomic E-state index is 13.2. The molecule has 1 rings (SSSR count). The van der Waals surface area contributed by atoms with Crippen molar-refractivity contribution >= 4 is 21.8 Å². The van der Waals surface area contributed by atoms with Gasteiger partial charge >= 0.3 is 12.1 Å². The van der Waals surface area contributed by atoms with Gasteiger partial charge in [0.15, 0.2) is 0 Å². The quantitative estimate of drug-likeness (QED) is 0.540. The van der Waals surface area contributed by atoms with Crippen LogP contribution < -0.4 is 4.72 Å². The lowest BCUT2D eigenvalue weighted by molar-refractivity contribution is -0.149. The third-order valence-corrected chi connectivity index (χ3v) is 3.85. The van der Waals surface area contributed by atoms with Gasteiger partial charge in [-0.1, -0.05) is 18.2 Å². The highest BCUT2D eigenvalue weighted by Gasteiger charge is 2.36. The van der Waals surface area contributed by atoms with Crippen LogP contribution in [0.1, 0.15) is 43.9 Å².